The number of aryl methyl sites for hydroxylation is 1. The summed E-state index contributed by atoms with van der Waals surface area (Å²) < 4.78 is 0. The van der Waals surface area contributed by atoms with E-state index >= 15 is 0 Å². The predicted octanol–water partition coefficient (Wildman–Crippen LogP) is 4.34. The summed E-state index contributed by atoms with van der Waals surface area (Å²) in [5, 5.41) is 2.61. The SMILES string of the molecule is Cc1ccc2ccc(Cc3[c]ccc[c]3)cc2c1. The fourth-order valence-electron chi connectivity index (χ4n) is 2.22. The monoisotopic (exact) mass is 230 g/mol. The van der Waals surface area contributed by atoms with E-state index in [-0.39, 0.29) is 0 Å². The molecule has 0 heterocycles. The van der Waals surface area contributed by atoms with Crippen LogP contribution in [0.25, 0.3) is 10.8 Å². The molecule has 0 N–H and O–H groups in total. The van der Waals surface area contributed by atoms with Crippen molar-refractivity contribution < 1.29 is 0 Å². The van der Waals surface area contributed by atoms with E-state index in [0.29, 0.717) is 0 Å². The molecule has 0 aliphatic carbocycles. The van der Waals surface area contributed by atoms with Gasteiger partial charge in [-0.25, -0.2) is 0 Å². The van der Waals surface area contributed by atoms with E-state index in [1.165, 1.54) is 21.9 Å². The number of fused-ring (bicyclic) bond motifs is 1. The molecule has 0 fully saturated rings. The van der Waals surface area contributed by atoms with Gasteiger partial charge in [0.1, 0.15) is 0 Å². The second kappa shape index (κ2) is 4.66. The third kappa shape index (κ3) is 2.28. The van der Waals surface area contributed by atoms with Crippen molar-refractivity contribution in [2.24, 2.45) is 0 Å². The highest BCUT2D eigenvalue weighted by atomic mass is 14.0. The summed E-state index contributed by atoms with van der Waals surface area (Å²) in [5.41, 5.74) is 3.73. The highest BCUT2D eigenvalue weighted by molar-refractivity contribution is 5.83. The molecule has 18 heavy (non-hydrogen) atoms. The minimum absolute atomic E-state index is 0.894. The Morgan fingerprint density at radius 2 is 1.67 bits per heavy atom. The fraction of sp³-hybridized carbons (Fsp3) is 0.111. The van der Waals surface area contributed by atoms with Crippen LogP contribution in [0, 0.1) is 19.1 Å². The van der Waals surface area contributed by atoms with E-state index in [9.17, 15) is 0 Å². The van der Waals surface area contributed by atoms with Crippen LogP contribution in [0.5, 0.6) is 0 Å². The lowest BCUT2D eigenvalue weighted by Crippen LogP contribution is -1.88. The topological polar surface area (TPSA) is 0 Å². The van der Waals surface area contributed by atoms with Crippen molar-refractivity contribution in [2.75, 3.05) is 0 Å². The first-order chi connectivity index (χ1) is 8.81. The normalized spacial score (nSPS) is 10.7. The van der Waals surface area contributed by atoms with E-state index in [2.05, 4.69) is 55.5 Å². The van der Waals surface area contributed by atoms with Crippen molar-refractivity contribution in [2.45, 2.75) is 13.3 Å². The molecule has 0 atom stereocenters. The molecule has 0 amide bonds. The summed E-state index contributed by atoms with van der Waals surface area (Å²) in [4.78, 5) is 0. The van der Waals surface area contributed by atoms with Gasteiger partial charge in [-0.2, -0.15) is 0 Å². The Balaban J connectivity index is 1.98. The van der Waals surface area contributed by atoms with Gasteiger partial charge in [-0.3, -0.25) is 0 Å². The Kier molecular flexibility index (Phi) is 2.85. The quantitative estimate of drug-likeness (QED) is 0.614. The summed E-state index contributed by atoms with van der Waals surface area (Å²) >= 11 is 0. The number of hydrogen-bond acceptors (Lipinski definition) is 0. The standard InChI is InChI=1S/C18H14/c1-14-7-9-17-10-8-16(13-18(17)11-14)12-15-5-3-2-4-6-15/h2-4,7-11,13H,12H2,1H3. The molecule has 0 aromatic heterocycles. The van der Waals surface area contributed by atoms with Crippen molar-refractivity contribution in [1.29, 1.82) is 0 Å². The molecule has 2 radical (unpaired) electrons. The van der Waals surface area contributed by atoms with Gasteiger partial charge in [0.25, 0.3) is 0 Å². The van der Waals surface area contributed by atoms with Gasteiger partial charge in [-0.1, -0.05) is 60.2 Å². The van der Waals surface area contributed by atoms with Crippen molar-refractivity contribution in [3.8, 4) is 0 Å². The van der Waals surface area contributed by atoms with Crippen molar-refractivity contribution in [1.82, 2.24) is 0 Å². The van der Waals surface area contributed by atoms with Gasteiger partial charge in [0, 0.05) is 0 Å². The minimum atomic E-state index is 0.894. The molecule has 0 nitrogen and oxygen atoms in total. The van der Waals surface area contributed by atoms with Crippen LogP contribution < -0.4 is 0 Å². The van der Waals surface area contributed by atoms with Crippen LogP contribution in [0.1, 0.15) is 16.7 Å². The first-order valence-electron chi connectivity index (χ1n) is 6.18. The molecule has 0 bridgehead atoms. The molecule has 3 aromatic carbocycles. The molecule has 0 aliphatic rings. The van der Waals surface area contributed by atoms with Crippen LogP contribution in [-0.2, 0) is 6.42 Å². The Bertz CT molecular complexity index is 666. The van der Waals surface area contributed by atoms with Crippen LogP contribution in [0.2, 0.25) is 0 Å². The third-order valence-electron chi connectivity index (χ3n) is 3.15. The van der Waals surface area contributed by atoms with Crippen molar-refractivity contribution >= 4 is 10.8 Å². The van der Waals surface area contributed by atoms with Crippen LogP contribution in [-0.4, -0.2) is 0 Å². The summed E-state index contributed by atoms with van der Waals surface area (Å²) in [6, 6.07) is 25.5. The molecule has 0 heteroatoms. The fourth-order valence-corrected chi connectivity index (χ4v) is 2.22. The molecule has 3 rings (SSSR count). The van der Waals surface area contributed by atoms with Gasteiger partial charge < -0.3 is 0 Å². The summed E-state index contributed by atoms with van der Waals surface area (Å²) in [7, 11) is 0. The average Bonchev–Trinajstić information content (AvgIpc) is 2.39. The molecule has 0 spiro atoms. The number of benzene rings is 3. The highest BCUT2D eigenvalue weighted by Crippen LogP contribution is 2.19. The number of rotatable bonds is 2. The van der Waals surface area contributed by atoms with Crippen molar-refractivity contribution in [3.63, 3.8) is 0 Å². The smallest absolute Gasteiger partial charge is 0.00132 e. The summed E-state index contributed by atoms with van der Waals surface area (Å²) in [6.45, 7) is 2.13. The molecular weight excluding hydrogens is 216 g/mol. The largest absolute Gasteiger partial charge is 0.0610 e. The summed E-state index contributed by atoms with van der Waals surface area (Å²) in [6.07, 6.45) is 0.894. The van der Waals surface area contributed by atoms with Gasteiger partial charge in [-0.05, 0) is 47.4 Å². The first-order valence-corrected chi connectivity index (χ1v) is 6.18. The molecule has 0 aliphatic heterocycles. The lowest BCUT2D eigenvalue weighted by atomic mass is 10.0. The Labute approximate surface area is 108 Å². The Morgan fingerprint density at radius 1 is 0.889 bits per heavy atom. The lowest BCUT2D eigenvalue weighted by Gasteiger charge is -2.04. The van der Waals surface area contributed by atoms with Crippen molar-refractivity contribution in [3.05, 3.63) is 83.4 Å². The molecule has 0 saturated carbocycles. The molecule has 3 aromatic rings. The highest BCUT2D eigenvalue weighted by Gasteiger charge is 1.99. The van der Waals surface area contributed by atoms with Gasteiger partial charge >= 0.3 is 0 Å². The van der Waals surface area contributed by atoms with Gasteiger partial charge in [0.2, 0.25) is 0 Å². The zero-order valence-corrected chi connectivity index (χ0v) is 10.4. The average molecular weight is 230 g/mol. The first kappa shape index (κ1) is 11.0. The maximum atomic E-state index is 3.22. The van der Waals surface area contributed by atoms with E-state index in [1.54, 1.807) is 0 Å². The van der Waals surface area contributed by atoms with Gasteiger partial charge in [-0.15, -0.1) is 0 Å². The second-order valence-corrected chi connectivity index (χ2v) is 4.65. The Hall–Kier alpha value is -2.08. The molecular formula is C18H14. The van der Waals surface area contributed by atoms with Crippen LogP contribution >= 0.6 is 0 Å². The molecule has 0 unspecified atom stereocenters. The van der Waals surface area contributed by atoms with E-state index < -0.39 is 0 Å². The third-order valence-corrected chi connectivity index (χ3v) is 3.15. The molecule has 0 saturated heterocycles. The van der Waals surface area contributed by atoms with Gasteiger partial charge in [0.05, 0.1) is 0 Å². The zero-order chi connectivity index (χ0) is 12.4. The van der Waals surface area contributed by atoms with E-state index in [1.807, 2.05) is 18.2 Å². The van der Waals surface area contributed by atoms with Crippen LogP contribution in [0.4, 0.5) is 0 Å². The zero-order valence-electron chi connectivity index (χ0n) is 10.4. The van der Waals surface area contributed by atoms with E-state index in [4.69, 9.17) is 0 Å². The maximum absolute atomic E-state index is 3.22. The number of hydrogen-bond donors (Lipinski definition) is 0. The van der Waals surface area contributed by atoms with E-state index in [0.717, 1.165) is 12.0 Å². The second-order valence-electron chi connectivity index (χ2n) is 4.65. The predicted molar refractivity (Wildman–Crippen MR) is 75.6 cm³/mol. The summed E-state index contributed by atoms with van der Waals surface area (Å²) in [5.74, 6) is 0. The van der Waals surface area contributed by atoms with Crippen LogP contribution in [0.15, 0.2) is 54.6 Å². The minimum Gasteiger partial charge on any atom is -0.0610 e. The van der Waals surface area contributed by atoms with Gasteiger partial charge in [0.15, 0.2) is 0 Å². The molecule has 86 valence electrons. The lowest BCUT2D eigenvalue weighted by molar-refractivity contribution is 1.19. The van der Waals surface area contributed by atoms with Crippen LogP contribution in [0.3, 0.4) is 0 Å². The maximum Gasteiger partial charge on any atom is -0.00132 e. The Morgan fingerprint density at radius 3 is 2.50 bits per heavy atom.